The molecular weight excluding hydrogens is 257 g/mol. The molecule has 1 aromatic rings. The number of pyridine rings is 1. The minimum Gasteiger partial charge on any atom is -0.327 e. The fraction of sp³-hybridized carbons (Fsp3) is 0.583. The SMILES string of the molecule is Cl.Cl.NC1CCCN(CCc2cccnc2)C1. The Hall–Kier alpha value is -0.350. The third-order valence-corrected chi connectivity index (χ3v) is 2.98. The van der Waals surface area contributed by atoms with Crippen LogP contribution in [-0.2, 0) is 6.42 Å². The van der Waals surface area contributed by atoms with Crippen LogP contribution in [0.3, 0.4) is 0 Å². The molecule has 1 fully saturated rings. The third kappa shape index (κ3) is 5.68. The molecule has 0 aliphatic carbocycles. The van der Waals surface area contributed by atoms with Crippen LogP contribution in [0, 0.1) is 0 Å². The van der Waals surface area contributed by atoms with Crippen molar-refractivity contribution in [2.45, 2.75) is 25.3 Å². The van der Waals surface area contributed by atoms with E-state index < -0.39 is 0 Å². The molecule has 0 amide bonds. The van der Waals surface area contributed by atoms with E-state index in [1.54, 1.807) is 0 Å². The maximum atomic E-state index is 5.94. The van der Waals surface area contributed by atoms with E-state index in [2.05, 4.69) is 16.0 Å². The van der Waals surface area contributed by atoms with Crippen LogP contribution in [-0.4, -0.2) is 35.6 Å². The fourth-order valence-corrected chi connectivity index (χ4v) is 2.13. The van der Waals surface area contributed by atoms with Crippen molar-refractivity contribution in [3.63, 3.8) is 0 Å². The molecule has 2 heterocycles. The van der Waals surface area contributed by atoms with Crippen molar-refractivity contribution in [3.05, 3.63) is 30.1 Å². The van der Waals surface area contributed by atoms with E-state index in [1.165, 1.54) is 24.9 Å². The number of aromatic nitrogens is 1. The Kier molecular flexibility index (Phi) is 8.52. The van der Waals surface area contributed by atoms with Crippen LogP contribution in [0.1, 0.15) is 18.4 Å². The lowest BCUT2D eigenvalue weighted by Gasteiger charge is -2.30. The van der Waals surface area contributed by atoms with Gasteiger partial charge in [-0.2, -0.15) is 0 Å². The number of nitrogens with two attached hydrogens (primary N) is 1. The predicted octanol–water partition coefficient (Wildman–Crippen LogP) is 1.89. The molecule has 1 aromatic heterocycles. The second kappa shape index (κ2) is 8.70. The molecule has 2 rings (SSSR count). The average Bonchev–Trinajstić information content (AvgIpc) is 2.28. The van der Waals surface area contributed by atoms with Gasteiger partial charge in [0.25, 0.3) is 0 Å². The van der Waals surface area contributed by atoms with Gasteiger partial charge in [0.2, 0.25) is 0 Å². The topological polar surface area (TPSA) is 42.1 Å². The van der Waals surface area contributed by atoms with E-state index >= 15 is 0 Å². The van der Waals surface area contributed by atoms with Gasteiger partial charge in [-0.05, 0) is 37.4 Å². The maximum Gasteiger partial charge on any atom is 0.0300 e. The molecule has 0 aromatic carbocycles. The summed E-state index contributed by atoms with van der Waals surface area (Å²) in [6, 6.07) is 4.52. The second-order valence-corrected chi connectivity index (χ2v) is 4.31. The summed E-state index contributed by atoms with van der Waals surface area (Å²) in [7, 11) is 0. The van der Waals surface area contributed by atoms with Crippen LogP contribution >= 0.6 is 24.8 Å². The number of hydrogen-bond acceptors (Lipinski definition) is 3. The quantitative estimate of drug-likeness (QED) is 0.918. The number of likely N-dealkylation sites (tertiary alicyclic amines) is 1. The second-order valence-electron chi connectivity index (χ2n) is 4.31. The van der Waals surface area contributed by atoms with Crippen LogP contribution in [0.25, 0.3) is 0 Å². The minimum atomic E-state index is 0. The van der Waals surface area contributed by atoms with E-state index in [-0.39, 0.29) is 24.8 Å². The van der Waals surface area contributed by atoms with E-state index in [1.807, 2.05) is 18.5 Å². The minimum absolute atomic E-state index is 0. The first-order valence-electron chi connectivity index (χ1n) is 5.71. The first-order valence-corrected chi connectivity index (χ1v) is 5.71. The lowest BCUT2D eigenvalue weighted by molar-refractivity contribution is 0.211. The van der Waals surface area contributed by atoms with Gasteiger partial charge in [-0.3, -0.25) is 4.98 Å². The number of nitrogens with zero attached hydrogens (tertiary/aromatic N) is 2. The lowest BCUT2D eigenvalue weighted by atomic mass is 10.1. The van der Waals surface area contributed by atoms with Gasteiger partial charge in [0, 0.05) is 31.5 Å². The van der Waals surface area contributed by atoms with Gasteiger partial charge in [0.05, 0.1) is 0 Å². The zero-order valence-electron chi connectivity index (χ0n) is 9.92. The number of rotatable bonds is 3. The molecule has 1 atom stereocenters. The molecule has 5 heteroatoms. The molecule has 0 radical (unpaired) electrons. The van der Waals surface area contributed by atoms with E-state index in [0.29, 0.717) is 6.04 Å². The van der Waals surface area contributed by atoms with E-state index in [4.69, 9.17) is 5.73 Å². The van der Waals surface area contributed by atoms with Gasteiger partial charge in [0.15, 0.2) is 0 Å². The first kappa shape index (κ1) is 16.6. The molecule has 1 aliphatic heterocycles. The summed E-state index contributed by atoms with van der Waals surface area (Å²) in [6.45, 7) is 3.37. The Morgan fingerprint density at radius 2 is 2.24 bits per heavy atom. The molecule has 0 spiro atoms. The van der Waals surface area contributed by atoms with Crippen molar-refractivity contribution in [2.24, 2.45) is 5.73 Å². The third-order valence-electron chi connectivity index (χ3n) is 2.98. The van der Waals surface area contributed by atoms with Gasteiger partial charge in [-0.15, -0.1) is 24.8 Å². The summed E-state index contributed by atoms with van der Waals surface area (Å²) in [4.78, 5) is 6.58. The van der Waals surface area contributed by atoms with Crippen LogP contribution in [0.2, 0.25) is 0 Å². The Labute approximate surface area is 116 Å². The molecule has 2 N–H and O–H groups in total. The Balaban J connectivity index is 0.00000128. The van der Waals surface area contributed by atoms with Gasteiger partial charge in [0.1, 0.15) is 0 Å². The van der Waals surface area contributed by atoms with Crippen molar-refractivity contribution in [2.75, 3.05) is 19.6 Å². The molecule has 0 saturated carbocycles. The molecular formula is C12H21Cl2N3. The highest BCUT2D eigenvalue weighted by Crippen LogP contribution is 2.09. The number of halogens is 2. The average molecular weight is 278 g/mol. The van der Waals surface area contributed by atoms with Gasteiger partial charge in [-0.25, -0.2) is 0 Å². The molecule has 1 unspecified atom stereocenters. The molecule has 1 saturated heterocycles. The molecule has 0 bridgehead atoms. The zero-order chi connectivity index (χ0) is 10.5. The lowest BCUT2D eigenvalue weighted by Crippen LogP contribution is -2.43. The maximum absolute atomic E-state index is 5.94. The van der Waals surface area contributed by atoms with Gasteiger partial charge in [-0.1, -0.05) is 6.07 Å². The normalized spacial score (nSPS) is 20.2. The Morgan fingerprint density at radius 1 is 1.41 bits per heavy atom. The van der Waals surface area contributed by atoms with E-state index in [9.17, 15) is 0 Å². The van der Waals surface area contributed by atoms with E-state index in [0.717, 1.165) is 19.5 Å². The van der Waals surface area contributed by atoms with Crippen molar-refractivity contribution in [1.29, 1.82) is 0 Å². The van der Waals surface area contributed by atoms with Gasteiger partial charge >= 0.3 is 0 Å². The summed E-state index contributed by atoms with van der Waals surface area (Å²) in [6.07, 6.45) is 7.28. The summed E-state index contributed by atoms with van der Waals surface area (Å²) in [5, 5.41) is 0. The Bertz CT molecular complexity index is 295. The summed E-state index contributed by atoms with van der Waals surface area (Å²) < 4.78 is 0. The van der Waals surface area contributed by atoms with Crippen LogP contribution in [0.4, 0.5) is 0 Å². The number of piperidine rings is 1. The molecule has 3 nitrogen and oxygen atoms in total. The highest BCUT2D eigenvalue weighted by molar-refractivity contribution is 5.85. The Morgan fingerprint density at radius 3 is 2.88 bits per heavy atom. The van der Waals surface area contributed by atoms with Crippen molar-refractivity contribution in [1.82, 2.24) is 9.88 Å². The number of hydrogen-bond donors (Lipinski definition) is 1. The van der Waals surface area contributed by atoms with Crippen LogP contribution < -0.4 is 5.73 Å². The van der Waals surface area contributed by atoms with Crippen LogP contribution in [0.15, 0.2) is 24.5 Å². The first-order chi connectivity index (χ1) is 7.34. The highest BCUT2D eigenvalue weighted by Gasteiger charge is 2.15. The monoisotopic (exact) mass is 277 g/mol. The predicted molar refractivity (Wildman–Crippen MR) is 76.1 cm³/mol. The summed E-state index contributed by atoms with van der Waals surface area (Å²) >= 11 is 0. The van der Waals surface area contributed by atoms with Crippen molar-refractivity contribution < 1.29 is 0 Å². The van der Waals surface area contributed by atoms with Crippen LogP contribution in [0.5, 0.6) is 0 Å². The van der Waals surface area contributed by atoms with Crippen molar-refractivity contribution >= 4 is 24.8 Å². The smallest absolute Gasteiger partial charge is 0.0300 e. The molecule has 17 heavy (non-hydrogen) atoms. The fourth-order valence-electron chi connectivity index (χ4n) is 2.13. The largest absolute Gasteiger partial charge is 0.327 e. The summed E-state index contributed by atoms with van der Waals surface area (Å²) in [5.74, 6) is 0. The summed E-state index contributed by atoms with van der Waals surface area (Å²) in [5.41, 5.74) is 7.26. The molecule has 1 aliphatic rings. The zero-order valence-corrected chi connectivity index (χ0v) is 11.6. The van der Waals surface area contributed by atoms with Gasteiger partial charge < -0.3 is 10.6 Å². The standard InChI is InChI=1S/C12H19N3.2ClH/c13-12-4-2-7-15(10-12)8-5-11-3-1-6-14-9-11;;/h1,3,6,9,12H,2,4-5,7-8,10,13H2;2*1H. The van der Waals surface area contributed by atoms with Crippen molar-refractivity contribution in [3.8, 4) is 0 Å². The molecule has 98 valence electrons. The highest BCUT2D eigenvalue weighted by atomic mass is 35.5.